The second-order valence-corrected chi connectivity index (χ2v) is 6.33. The van der Waals surface area contributed by atoms with Crippen molar-refractivity contribution in [1.29, 1.82) is 0 Å². The summed E-state index contributed by atoms with van der Waals surface area (Å²) in [5.41, 5.74) is 3.69. The van der Waals surface area contributed by atoms with Crippen molar-refractivity contribution >= 4 is 5.57 Å². The van der Waals surface area contributed by atoms with Gasteiger partial charge in [-0.2, -0.15) is 0 Å². The van der Waals surface area contributed by atoms with Gasteiger partial charge in [-0.1, -0.05) is 54.6 Å². The summed E-state index contributed by atoms with van der Waals surface area (Å²) < 4.78 is 5.91. The van der Waals surface area contributed by atoms with Crippen molar-refractivity contribution in [2.24, 2.45) is 0 Å². The Hall–Kier alpha value is -2.72. The first-order valence-corrected chi connectivity index (χ1v) is 8.68. The molecule has 1 unspecified atom stereocenters. The molecule has 0 N–H and O–H groups in total. The molecule has 4 heteroatoms. The fourth-order valence-corrected chi connectivity index (χ4v) is 3.21. The Bertz CT molecular complexity index is 855. The molecule has 4 nitrogen and oxygen atoms in total. The van der Waals surface area contributed by atoms with E-state index in [2.05, 4.69) is 58.4 Å². The molecule has 1 aliphatic rings. The summed E-state index contributed by atoms with van der Waals surface area (Å²) in [5.74, 6) is 1.26. The van der Waals surface area contributed by atoms with Crippen LogP contribution in [0.4, 0.5) is 0 Å². The van der Waals surface area contributed by atoms with Crippen molar-refractivity contribution in [3.8, 4) is 11.5 Å². The van der Waals surface area contributed by atoms with Crippen LogP contribution in [0.2, 0.25) is 0 Å². The Labute approximate surface area is 147 Å². The average molecular weight is 331 g/mol. The minimum atomic E-state index is 0.110. The van der Waals surface area contributed by atoms with Crippen molar-refractivity contribution in [3.63, 3.8) is 0 Å². The lowest BCUT2D eigenvalue weighted by atomic mass is 9.99. The Morgan fingerprint density at radius 3 is 2.24 bits per heavy atom. The standard InChI is InChI=1S/C21H21N3O/c1-16(20-22-23-21(25-20)19-10-6-3-7-11-19)24-14-12-18(13-15-24)17-8-4-2-5-9-17/h2-12,16H,13-15H2,1H3. The smallest absolute Gasteiger partial charge is 0.247 e. The number of aromatic nitrogens is 2. The molecule has 0 saturated carbocycles. The van der Waals surface area contributed by atoms with Gasteiger partial charge in [-0.3, -0.25) is 4.90 Å². The summed E-state index contributed by atoms with van der Waals surface area (Å²) in [5, 5.41) is 8.47. The first kappa shape index (κ1) is 15.8. The first-order chi connectivity index (χ1) is 12.3. The largest absolute Gasteiger partial charge is 0.419 e. The lowest BCUT2D eigenvalue weighted by Crippen LogP contribution is -2.31. The van der Waals surface area contributed by atoms with Crippen LogP contribution in [-0.4, -0.2) is 28.2 Å². The molecule has 1 aromatic heterocycles. The third kappa shape index (κ3) is 3.39. The third-order valence-electron chi connectivity index (χ3n) is 4.75. The zero-order valence-corrected chi connectivity index (χ0v) is 14.3. The van der Waals surface area contributed by atoms with Crippen LogP contribution < -0.4 is 0 Å². The maximum absolute atomic E-state index is 5.91. The average Bonchev–Trinajstić information content (AvgIpc) is 3.19. The minimum absolute atomic E-state index is 0.110. The number of hydrogen-bond acceptors (Lipinski definition) is 4. The summed E-state index contributed by atoms with van der Waals surface area (Å²) >= 11 is 0. The van der Waals surface area contributed by atoms with Crippen molar-refractivity contribution in [1.82, 2.24) is 15.1 Å². The molecule has 0 saturated heterocycles. The third-order valence-corrected chi connectivity index (χ3v) is 4.75. The molecule has 0 amide bonds. The zero-order chi connectivity index (χ0) is 17.1. The van der Waals surface area contributed by atoms with Crippen molar-refractivity contribution in [2.45, 2.75) is 19.4 Å². The van der Waals surface area contributed by atoms with Gasteiger partial charge in [0.2, 0.25) is 11.8 Å². The highest BCUT2D eigenvalue weighted by Gasteiger charge is 2.23. The van der Waals surface area contributed by atoms with Gasteiger partial charge in [0.25, 0.3) is 0 Å². The van der Waals surface area contributed by atoms with E-state index in [1.165, 1.54) is 11.1 Å². The van der Waals surface area contributed by atoms with Crippen LogP contribution in [0, 0.1) is 0 Å². The first-order valence-electron chi connectivity index (χ1n) is 8.68. The molecule has 0 bridgehead atoms. The maximum Gasteiger partial charge on any atom is 0.247 e. The van der Waals surface area contributed by atoms with Gasteiger partial charge in [0.15, 0.2) is 0 Å². The molecule has 0 radical (unpaired) electrons. The summed E-state index contributed by atoms with van der Waals surface area (Å²) in [7, 11) is 0. The lowest BCUT2D eigenvalue weighted by Gasteiger charge is -2.30. The van der Waals surface area contributed by atoms with Gasteiger partial charge in [0.05, 0.1) is 6.04 Å². The van der Waals surface area contributed by atoms with Crippen LogP contribution in [0.25, 0.3) is 17.0 Å². The van der Waals surface area contributed by atoms with Crippen LogP contribution in [0.1, 0.15) is 30.8 Å². The van der Waals surface area contributed by atoms with Gasteiger partial charge in [-0.15, -0.1) is 10.2 Å². The van der Waals surface area contributed by atoms with E-state index in [0.29, 0.717) is 11.8 Å². The fraction of sp³-hybridized carbons (Fsp3) is 0.238. The quantitative estimate of drug-likeness (QED) is 0.701. The van der Waals surface area contributed by atoms with E-state index >= 15 is 0 Å². The lowest BCUT2D eigenvalue weighted by molar-refractivity contribution is 0.202. The normalized spacial score (nSPS) is 16.4. The molecule has 126 valence electrons. The Morgan fingerprint density at radius 2 is 1.60 bits per heavy atom. The Balaban J connectivity index is 1.47. The molecule has 25 heavy (non-hydrogen) atoms. The van der Waals surface area contributed by atoms with E-state index in [1.54, 1.807) is 0 Å². The molecule has 0 aliphatic carbocycles. The highest BCUT2D eigenvalue weighted by atomic mass is 16.4. The van der Waals surface area contributed by atoms with Crippen molar-refractivity contribution in [3.05, 3.63) is 78.2 Å². The summed E-state index contributed by atoms with van der Waals surface area (Å²) in [6.07, 6.45) is 3.35. The van der Waals surface area contributed by atoms with Gasteiger partial charge in [0, 0.05) is 18.7 Å². The fourth-order valence-electron chi connectivity index (χ4n) is 3.21. The van der Waals surface area contributed by atoms with E-state index < -0.39 is 0 Å². The summed E-state index contributed by atoms with van der Waals surface area (Å²) in [6.45, 7) is 4.02. The minimum Gasteiger partial charge on any atom is -0.419 e. The molecule has 2 heterocycles. The van der Waals surface area contributed by atoms with Gasteiger partial charge in [-0.05, 0) is 36.6 Å². The molecule has 3 aromatic rings. The SMILES string of the molecule is CC(c1nnc(-c2ccccc2)o1)N1CC=C(c2ccccc2)CC1. The second kappa shape index (κ2) is 7.03. The summed E-state index contributed by atoms with van der Waals surface area (Å²) in [6, 6.07) is 20.6. The molecular formula is C21H21N3O. The van der Waals surface area contributed by atoms with Gasteiger partial charge >= 0.3 is 0 Å². The topological polar surface area (TPSA) is 42.2 Å². The van der Waals surface area contributed by atoms with Gasteiger partial charge in [-0.25, -0.2) is 0 Å². The van der Waals surface area contributed by atoms with E-state index in [4.69, 9.17) is 4.42 Å². The molecule has 2 aromatic carbocycles. The Kier molecular flexibility index (Phi) is 4.44. The molecule has 1 aliphatic heterocycles. The monoisotopic (exact) mass is 331 g/mol. The molecular weight excluding hydrogens is 310 g/mol. The highest BCUT2D eigenvalue weighted by Crippen LogP contribution is 2.28. The molecule has 4 rings (SSSR count). The van der Waals surface area contributed by atoms with Crippen LogP contribution in [0.3, 0.4) is 0 Å². The highest BCUT2D eigenvalue weighted by molar-refractivity contribution is 5.66. The second-order valence-electron chi connectivity index (χ2n) is 6.33. The van der Waals surface area contributed by atoms with Crippen molar-refractivity contribution in [2.75, 3.05) is 13.1 Å². The number of benzene rings is 2. The molecule has 1 atom stereocenters. The maximum atomic E-state index is 5.91. The Morgan fingerprint density at radius 1 is 0.920 bits per heavy atom. The van der Waals surface area contributed by atoms with Crippen LogP contribution in [0.5, 0.6) is 0 Å². The number of nitrogens with zero attached hydrogens (tertiary/aromatic N) is 3. The molecule has 0 fully saturated rings. The zero-order valence-electron chi connectivity index (χ0n) is 14.3. The van der Waals surface area contributed by atoms with Crippen LogP contribution >= 0.6 is 0 Å². The van der Waals surface area contributed by atoms with Crippen molar-refractivity contribution < 1.29 is 4.42 Å². The van der Waals surface area contributed by atoms with Gasteiger partial charge in [0.1, 0.15) is 0 Å². The predicted octanol–water partition coefficient (Wildman–Crippen LogP) is 4.59. The van der Waals surface area contributed by atoms with E-state index in [9.17, 15) is 0 Å². The van der Waals surface area contributed by atoms with E-state index in [-0.39, 0.29) is 6.04 Å². The number of rotatable bonds is 4. The molecule has 0 spiro atoms. The predicted molar refractivity (Wildman–Crippen MR) is 98.8 cm³/mol. The van der Waals surface area contributed by atoms with Gasteiger partial charge < -0.3 is 4.42 Å². The van der Waals surface area contributed by atoms with E-state index in [0.717, 1.165) is 25.1 Å². The summed E-state index contributed by atoms with van der Waals surface area (Å²) in [4.78, 5) is 2.37. The van der Waals surface area contributed by atoms with E-state index in [1.807, 2.05) is 30.3 Å². The van der Waals surface area contributed by atoms with Crippen LogP contribution in [0.15, 0.2) is 71.2 Å². The number of hydrogen-bond donors (Lipinski definition) is 0. The van der Waals surface area contributed by atoms with Crippen LogP contribution in [-0.2, 0) is 0 Å².